The number of benzene rings is 2. The Morgan fingerprint density at radius 1 is 0.789 bits per heavy atom. The first kappa shape index (κ1) is 62.6. The first-order chi connectivity index (χ1) is 36.1. The molecule has 2 aromatic carbocycles. The maximum Gasteiger partial charge on any atom is 0.328 e. The molecule has 9 atom stereocenters. The molecule has 420 valence electrons. The Hall–Kier alpha value is -5.98. The number of hydrogen-bond acceptors (Lipinski definition) is 12. The fourth-order valence-corrected chi connectivity index (χ4v) is 10.7. The van der Waals surface area contributed by atoms with E-state index in [-0.39, 0.29) is 72.5 Å². The van der Waals surface area contributed by atoms with E-state index in [2.05, 4.69) is 16.0 Å². The summed E-state index contributed by atoms with van der Waals surface area (Å²) in [5.41, 5.74) is 2.36. The van der Waals surface area contributed by atoms with Crippen molar-refractivity contribution in [2.75, 3.05) is 53.8 Å². The number of methoxy groups -OCH3 is 3. The van der Waals surface area contributed by atoms with Gasteiger partial charge in [0.2, 0.25) is 29.5 Å². The molecule has 18 heteroatoms. The van der Waals surface area contributed by atoms with E-state index in [1.807, 2.05) is 108 Å². The number of nitrogens with one attached hydrogen (secondary N) is 3. The highest BCUT2D eigenvalue weighted by Crippen LogP contribution is 2.30. The topological polar surface area (TPSA) is 213 Å². The third-order valence-electron chi connectivity index (χ3n) is 14.9. The van der Waals surface area contributed by atoms with Crippen LogP contribution in [0, 0.1) is 23.7 Å². The first-order valence-corrected chi connectivity index (χ1v) is 27.1. The largest absolute Gasteiger partial charge is 0.467 e. The van der Waals surface area contributed by atoms with Gasteiger partial charge in [0, 0.05) is 71.6 Å². The molecule has 0 radical (unpaired) electrons. The summed E-state index contributed by atoms with van der Waals surface area (Å²) in [4.78, 5) is 114. The first-order valence-electron chi connectivity index (χ1n) is 27.1. The van der Waals surface area contributed by atoms with E-state index in [0.29, 0.717) is 70.3 Å². The molecule has 2 heterocycles. The molecular formula is C58H87N7O11. The third-order valence-corrected chi connectivity index (χ3v) is 14.9. The Morgan fingerprint density at radius 2 is 1.45 bits per heavy atom. The number of esters is 1. The highest BCUT2D eigenvalue weighted by Gasteiger charge is 2.43. The van der Waals surface area contributed by atoms with Crippen molar-refractivity contribution in [1.29, 1.82) is 0 Å². The van der Waals surface area contributed by atoms with Crippen molar-refractivity contribution in [2.45, 2.75) is 162 Å². The van der Waals surface area contributed by atoms with Gasteiger partial charge in [0.15, 0.2) is 0 Å². The maximum absolute atomic E-state index is 14.9. The zero-order chi connectivity index (χ0) is 56.2. The van der Waals surface area contributed by atoms with E-state index in [1.54, 1.807) is 30.9 Å². The van der Waals surface area contributed by atoms with Gasteiger partial charge in [0.05, 0.1) is 49.8 Å². The highest BCUT2D eigenvalue weighted by molar-refractivity contribution is 6.12. The molecule has 0 unspecified atom stereocenters. The van der Waals surface area contributed by atoms with Gasteiger partial charge in [0.25, 0.3) is 11.8 Å². The van der Waals surface area contributed by atoms with Gasteiger partial charge in [0.1, 0.15) is 12.1 Å². The fraction of sp³-hybridized carbons (Fsp3) is 0.621. The molecular weight excluding hydrogens is 971 g/mol. The summed E-state index contributed by atoms with van der Waals surface area (Å²) in [7, 11) is 7.92. The van der Waals surface area contributed by atoms with E-state index in [4.69, 9.17) is 14.2 Å². The van der Waals surface area contributed by atoms with Gasteiger partial charge in [-0.25, -0.2) is 4.79 Å². The van der Waals surface area contributed by atoms with Gasteiger partial charge in [-0.1, -0.05) is 104 Å². The van der Waals surface area contributed by atoms with Gasteiger partial charge >= 0.3 is 5.97 Å². The smallest absolute Gasteiger partial charge is 0.328 e. The zero-order valence-electron chi connectivity index (χ0n) is 47.2. The average molecular weight is 1060 g/mol. The number of ether oxygens (including phenoxy) is 3. The van der Waals surface area contributed by atoms with Crippen LogP contribution in [0.4, 0.5) is 5.69 Å². The van der Waals surface area contributed by atoms with Crippen molar-refractivity contribution in [3.05, 3.63) is 77.9 Å². The summed E-state index contributed by atoms with van der Waals surface area (Å²) < 4.78 is 17.1. The Labute approximate surface area is 451 Å². The summed E-state index contributed by atoms with van der Waals surface area (Å²) in [5.74, 6) is -3.47. The third kappa shape index (κ3) is 17.8. The number of anilines is 1. The van der Waals surface area contributed by atoms with Crippen LogP contribution < -0.4 is 16.0 Å². The number of imide groups is 1. The summed E-state index contributed by atoms with van der Waals surface area (Å²) >= 11 is 0. The molecule has 0 aromatic heterocycles. The predicted octanol–water partition coefficient (Wildman–Crippen LogP) is 5.92. The van der Waals surface area contributed by atoms with E-state index in [1.165, 1.54) is 31.3 Å². The van der Waals surface area contributed by atoms with Crippen LogP contribution in [0.1, 0.15) is 117 Å². The molecule has 0 spiro atoms. The standard InChI is InChI=1S/C58H87N7O11/c1-13-39(6)53(47(74-10)35-51(69)64-31-21-26-46(64)54(75-11)40(7)55(70)61-45(58(73)76-12)34-41-22-16-14-17-23-41)63(9)57(72)44(32-37(2)3)60-56(71)52(38(4)5)62(8)36-42-24-20-25-43(33-42)59-48(66)27-18-15-19-30-65-49(67)28-29-50(65)68/h14,16-17,20,22-25,28-29,33,37-40,44-47,52-54H,13,15,18-19,21,26-27,30-32,34-36H2,1-12H3,(H,59,66)(H,60,71)(H,61,70)/t39-,40+,44-,45-,46-,47+,52-,53-,54+/m0/s1. The van der Waals surface area contributed by atoms with Crippen molar-refractivity contribution in [1.82, 2.24) is 30.2 Å². The molecule has 7 amide bonds. The SMILES string of the molecule is CC[C@H](C)[C@@H]([C@@H](CC(=O)N1CCC[C@H]1[C@H](OC)[C@@H](C)C(=O)N[C@@H](Cc1ccccc1)C(=O)OC)OC)N(C)C(=O)[C@H](CC(C)C)NC(=O)[C@H](C(C)C)N(C)Cc1cccc(NC(=O)CCCCCN2C(=O)C=CC2=O)c1. The minimum atomic E-state index is -0.923. The summed E-state index contributed by atoms with van der Waals surface area (Å²) in [5, 5.41) is 8.97. The molecule has 2 aliphatic rings. The molecule has 4 rings (SSSR count). The molecule has 0 aliphatic carbocycles. The van der Waals surface area contributed by atoms with Crippen LogP contribution in [0.25, 0.3) is 0 Å². The monoisotopic (exact) mass is 1060 g/mol. The number of rotatable bonds is 31. The number of carbonyl (C=O) groups excluding carboxylic acids is 8. The molecule has 1 saturated heterocycles. The predicted molar refractivity (Wildman–Crippen MR) is 291 cm³/mol. The van der Waals surface area contributed by atoms with E-state index in [9.17, 15) is 38.4 Å². The molecule has 2 aromatic rings. The number of nitrogens with zero attached hydrogens (tertiary/aromatic N) is 4. The number of amides is 7. The van der Waals surface area contributed by atoms with Gasteiger partial charge in [-0.05, 0) is 80.2 Å². The molecule has 18 nitrogen and oxygen atoms in total. The van der Waals surface area contributed by atoms with Gasteiger partial charge in [-0.2, -0.15) is 0 Å². The Kier molecular flexibility index (Phi) is 25.3. The summed E-state index contributed by atoms with van der Waals surface area (Å²) in [6, 6.07) is 13.4. The van der Waals surface area contributed by atoms with Crippen molar-refractivity contribution in [3.63, 3.8) is 0 Å². The summed E-state index contributed by atoms with van der Waals surface area (Å²) in [6.07, 6.45) is 5.83. The Morgan fingerprint density at radius 3 is 2.05 bits per heavy atom. The molecule has 2 aliphatic heterocycles. The molecule has 3 N–H and O–H groups in total. The van der Waals surface area contributed by atoms with Gasteiger partial charge < -0.3 is 40.0 Å². The number of carbonyl (C=O) groups is 8. The van der Waals surface area contributed by atoms with Crippen LogP contribution in [-0.4, -0.2) is 158 Å². The average Bonchev–Trinajstić information content (AvgIpc) is 4.00. The van der Waals surface area contributed by atoms with E-state index < -0.39 is 60.2 Å². The van der Waals surface area contributed by atoms with Gasteiger partial charge in [-0.15, -0.1) is 0 Å². The Bertz CT molecular complexity index is 2270. The van der Waals surface area contributed by atoms with Crippen LogP contribution in [0.15, 0.2) is 66.7 Å². The van der Waals surface area contributed by atoms with Crippen molar-refractivity contribution in [3.8, 4) is 0 Å². The van der Waals surface area contributed by atoms with Gasteiger partial charge in [-0.3, -0.25) is 43.4 Å². The number of likely N-dealkylation sites (N-methyl/N-ethyl adjacent to an activating group) is 2. The van der Waals surface area contributed by atoms with Crippen LogP contribution in [0.5, 0.6) is 0 Å². The van der Waals surface area contributed by atoms with Crippen LogP contribution in [0.2, 0.25) is 0 Å². The van der Waals surface area contributed by atoms with Crippen LogP contribution in [-0.2, 0) is 65.5 Å². The minimum absolute atomic E-state index is 0.0435. The number of likely N-dealkylation sites (tertiary alicyclic amines) is 1. The van der Waals surface area contributed by atoms with Crippen molar-refractivity contribution < 1.29 is 52.6 Å². The second-order valence-corrected chi connectivity index (χ2v) is 21.4. The fourth-order valence-electron chi connectivity index (χ4n) is 10.7. The molecule has 0 saturated carbocycles. The second-order valence-electron chi connectivity index (χ2n) is 21.4. The minimum Gasteiger partial charge on any atom is -0.467 e. The van der Waals surface area contributed by atoms with E-state index >= 15 is 0 Å². The summed E-state index contributed by atoms with van der Waals surface area (Å²) in [6.45, 7) is 14.8. The molecule has 1 fully saturated rings. The Balaban J connectivity index is 1.42. The normalized spacial score (nSPS) is 17.8. The second kappa shape index (κ2) is 30.7. The molecule has 76 heavy (non-hydrogen) atoms. The van der Waals surface area contributed by atoms with Crippen LogP contribution >= 0.6 is 0 Å². The lowest BCUT2D eigenvalue weighted by Crippen LogP contribution is -2.59. The van der Waals surface area contributed by atoms with Crippen molar-refractivity contribution in [2.24, 2.45) is 23.7 Å². The lowest BCUT2D eigenvalue weighted by Gasteiger charge is -2.41. The van der Waals surface area contributed by atoms with Crippen molar-refractivity contribution >= 4 is 53.0 Å². The quantitative estimate of drug-likeness (QED) is 0.0457. The van der Waals surface area contributed by atoms with E-state index in [0.717, 1.165) is 11.1 Å². The highest BCUT2D eigenvalue weighted by atomic mass is 16.5. The molecule has 0 bridgehead atoms. The lowest BCUT2D eigenvalue weighted by molar-refractivity contribution is -0.148. The zero-order valence-corrected chi connectivity index (χ0v) is 47.2. The van der Waals surface area contributed by atoms with Crippen LogP contribution in [0.3, 0.4) is 0 Å². The number of unbranched alkanes of at least 4 members (excludes halogenated alkanes) is 2. The maximum atomic E-state index is 14.9. The lowest BCUT2D eigenvalue weighted by atomic mass is 9.89. The number of hydrogen-bond donors (Lipinski definition) is 3.